The maximum Gasteiger partial charge on any atom is 0.336 e. The van der Waals surface area contributed by atoms with Crippen molar-refractivity contribution in [1.29, 1.82) is 0 Å². The van der Waals surface area contributed by atoms with Crippen LogP contribution < -0.4 is 4.74 Å². The van der Waals surface area contributed by atoms with Gasteiger partial charge in [0.25, 0.3) is 0 Å². The van der Waals surface area contributed by atoms with E-state index in [2.05, 4.69) is 6.07 Å². The van der Waals surface area contributed by atoms with Crippen molar-refractivity contribution in [1.82, 2.24) is 0 Å². The van der Waals surface area contributed by atoms with E-state index < -0.39 is 5.97 Å². The summed E-state index contributed by atoms with van der Waals surface area (Å²) in [5.74, 6) is -0.118. The van der Waals surface area contributed by atoms with Gasteiger partial charge < -0.3 is 9.84 Å². The smallest absolute Gasteiger partial charge is 0.336 e. The number of benzene rings is 1. The second kappa shape index (κ2) is 4.82. The number of carboxylic acids is 1. The molecule has 0 atom stereocenters. The number of carbonyl (C=O) groups is 1. The van der Waals surface area contributed by atoms with E-state index in [4.69, 9.17) is 9.84 Å². The Morgan fingerprint density at radius 3 is 2.56 bits per heavy atom. The predicted molar refractivity (Wildman–Crippen MR) is 72.7 cm³/mol. The highest BCUT2D eigenvalue weighted by Gasteiger charge is 2.14. The third-order valence-electron chi connectivity index (χ3n) is 2.76. The number of thiophene rings is 1. The topological polar surface area (TPSA) is 46.5 Å². The zero-order valence-electron chi connectivity index (χ0n) is 10.5. The van der Waals surface area contributed by atoms with Gasteiger partial charge in [-0.2, -0.15) is 0 Å². The van der Waals surface area contributed by atoms with Gasteiger partial charge in [-0.3, -0.25) is 0 Å². The molecule has 3 nitrogen and oxygen atoms in total. The summed E-state index contributed by atoms with van der Waals surface area (Å²) in [5.41, 5.74) is 3.51. The molecule has 2 aromatic rings. The number of aromatic carboxylic acids is 1. The van der Waals surface area contributed by atoms with Crippen LogP contribution in [0.5, 0.6) is 5.75 Å². The van der Waals surface area contributed by atoms with E-state index in [0.717, 1.165) is 27.3 Å². The Bertz CT molecular complexity index is 599. The minimum Gasteiger partial charge on any atom is -0.496 e. The number of rotatable bonds is 3. The van der Waals surface area contributed by atoms with Crippen molar-refractivity contribution in [2.24, 2.45) is 0 Å². The molecule has 1 aromatic heterocycles. The third-order valence-corrected chi connectivity index (χ3v) is 3.70. The van der Waals surface area contributed by atoms with Crippen LogP contribution in [0.3, 0.4) is 0 Å². The maximum atomic E-state index is 10.9. The number of aryl methyl sites for hydroxylation is 2. The standard InChI is InChI=1S/C14H14O3S/c1-8-4-9(2)13(11(5-8)17-3)12-6-10(7-18-12)14(15)16/h4-7H,1-3H3,(H,15,16). The van der Waals surface area contributed by atoms with Crippen LogP contribution in [0, 0.1) is 13.8 Å². The van der Waals surface area contributed by atoms with Crippen LogP contribution in [-0.2, 0) is 0 Å². The van der Waals surface area contributed by atoms with Crippen molar-refractivity contribution >= 4 is 17.3 Å². The first-order chi connectivity index (χ1) is 8.52. The van der Waals surface area contributed by atoms with E-state index in [1.54, 1.807) is 18.6 Å². The van der Waals surface area contributed by atoms with Gasteiger partial charge in [0.15, 0.2) is 0 Å². The second-order valence-electron chi connectivity index (χ2n) is 4.16. The van der Waals surface area contributed by atoms with Gasteiger partial charge in [0.2, 0.25) is 0 Å². The van der Waals surface area contributed by atoms with Crippen LogP contribution in [-0.4, -0.2) is 18.2 Å². The number of hydrogen-bond donors (Lipinski definition) is 1. The number of ether oxygens (including phenoxy) is 1. The van der Waals surface area contributed by atoms with E-state index in [1.807, 2.05) is 19.9 Å². The van der Waals surface area contributed by atoms with Gasteiger partial charge in [0.1, 0.15) is 5.75 Å². The molecule has 0 bridgehead atoms. The Morgan fingerprint density at radius 1 is 1.28 bits per heavy atom. The number of hydrogen-bond acceptors (Lipinski definition) is 3. The maximum absolute atomic E-state index is 10.9. The van der Waals surface area contributed by atoms with Crippen LogP contribution in [0.2, 0.25) is 0 Å². The van der Waals surface area contributed by atoms with Gasteiger partial charge in [0.05, 0.1) is 12.7 Å². The van der Waals surface area contributed by atoms with Gasteiger partial charge in [-0.15, -0.1) is 11.3 Å². The molecule has 0 saturated heterocycles. The molecule has 2 rings (SSSR count). The van der Waals surface area contributed by atoms with Gasteiger partial charge >= 0.3 is 5.97 Å². The molecule has 0 amide bonds. The van der Waals surface area contributed by atoms with E-state index in [9.17, 15) is 4.79 Å². The van der Waals surface area contributed by atoms with Crippen molar-refractivity contribution in [3.63, 3.8) is 0 Å². The molecule has 1 heterocycles. The minimum atomic E-state index is -0.902. The monoisotopic (exact) mass is 262 g/mol. The normalized spacial score (nSPS) is 10.4. The molecule has 0 aliphatic rings. The van der Waals surface area contributed by atoms with Crippen LogP contribution in [0.25, 0.3) is 10.4 Å². The Balaban J connectivity index is 2.58. The lowest BCUT2D eigenvalue weighted by Gasteiger charge is -2.11. The molecule has 18 heavy (non-hydrogen) atoms. The fourth-order valence-electron chi connectivity index (χ4n) is 1.98. The summed E-state index contributed by atoms with van der Waals surface area (Å²) >= 11 is 1.42. The molecule has 1 N–H and O–H groups in total. The molecular weight excluding hydrogens is 248 g/mol. The third kappa shape index (κ3) is 2.24. The van der Waals surface area contributed by atoms with Gasteiger partial charge in [-0.05, 0) is 37.1 Å². The van der Waals surface area contributed by atoms with Gasteiger partial charge in [-0.1, -0.05) is 6.07 Å². The summed E-state index contributed by atoms with van der Waals surface area (Å²) in [6, 6.07) is 5.72. The average Bonchev–Trinajstić information content (AvgIpc) is 2.77. The van der Waals surface area contributed by atoms with Gasteiger partial charge in [0, 0.05) is 15.8 Å². The minimum absolute atomic E-state index is 0.317. The van der Waals surface area contributed by atoms with Crippen molar-refractivity contribution in [3.05, 3.63) is 40.3 Å². The lowest BCUT2D eigenvalue weighted by Crippen LogP contribution is -1.93. The summed E-state index contributed by atoms with van der Waals surface area (Å²) in [4.78, 5) is 11.8. The number of carboxylic acid groups (broad SMARTS) is 1. The van der Waals surface area contributed by atoms with E-state index >= 15 is 0 Å². The average molecular weight is 262 g/mol. The molecule has 0 aliphatic heterocycles. The molecule has 4 heteroatoms. The van der Waals surface area contributed by atoms with Crippen molar-refractivity contribution < 1.29 is 14.6 Å². The zero-order chi connectivity index (χ0) is 13.3. The van der Waals surface area contributed by atoms with E-state index in [0.29, 0.717) is 5.56 Å². The molecule has 1 aromatic carbocycles. The fraction of sp³-hybridized carbons (Fsp3) is 0.214. The van der Waals surface area contributed by atoms with Crippen LogP contribution >= 0.6 is 11.3 Å². The molecular formula is C14H14O3S. The van der Waals surface area contributed by atoms with E-state index in [1.165, 1.54) is 11.3 Å². The van der Waals surface area contributed by atoms with Crippen molar-refractivity contribution in [3.8, 4) is 16.2 Å². The SMILES string of the molecule is COc1cc(C)cc(C)c1-c1cc(C(=O)O)cs1. The molecule has 94 valence electrons. The fourth-order valence-corrected chi connectivity index (χ4v) is 2.98. The molecule has 0 saturated carbocycles. The Kier molecular flexibility index (Phi) is 3.39. The first kappa shape index (κ1) is 12.6. The highest BCUT2D eigenvalue weighted by Crippen LogP contribution is 2.37. The molecule has 0 aliphatic carbocycles. The molecule has 0 unspecified atom stereocenters. The quantitative estimate of drug-likeness (QED) is 0.916. The first-order valence-corrected chi connectivity index (χ1v) is 6.38. The van der Waals surface area contributed by atoms with Gasteiger partial charge in [-0.25, -0.2) is 4.79 Å². The Hall–Kier alpha value is -1.81. The van der Waals surface area contributed by atoms with Crippen molar-refractivity contribution in [2.75, 3.05) is 7.11 Å². The predicted octanol–water partition coefficient (Wildman–Crippen LogP) is 3.74. The lowest BCUT2D eigenvalue weighted by molar-refractivity contribution is 0.0697. The Labute approximate surface area is 110 Å². The van der Waals surface area contributed by atoms with Crippen LogP contribution in [0.4, 0.5) is 0 Å². The summed E-state index contributed by atoms with van der Waals surface area (Å²) in [7, 11) is 1.63. The highest BCUT2D eigenvalue weighted by atomic mass is 32.1. The van der Waals surface area contributed by atoms with Crippen LogP contribution in [0.15, 0.2) is 23.6 Å². The molecule has 0 radical (unpaired) electrons. The highest BCUT2D eigenvalue weighted by molar-refractivity contribution is 7.14. The van der Waals surface area contributed by atoms with Crippen LogP contribution in [0.1, 0.15) is 21.5 Å². The summed E-state index contributed by atoms with van der Waals surface area (Å²) in [6.45, 7) is 4.02. The summed E-state index contributed by atoms with van der Waals surface area (Å²) in [6.07, 6.45) is 0. The summed E-state index contributed by atoms with van der Waals surface area (Å²) in [5, 5.41) is 10.6. The number of methoxy groups -OCH3 is 1. The molecule has 0 spiro atoms. The summed E-state index contributed by atoms with van der Waals surface area (Å²) < 4.78 is 5.39. The first-order valence-electron chi connectivity index (χ1n) is 5.50. The molecule has 0 fully saturated rings. The second-order valence-corrected chi connectivity index (χ2v) is 5.08. The lowest BCUT2D eigenvalue weighted by atomic mass is 10.0. The van der Waals surface area contributed by atoms with E-state index in [-0.39, 0.29) is 0 Å². The van der Waals surface area contributed by atoms with Crippen molar-refractivity contribution in [2.45, 2.75) is 13.8 Å². The zero-order valence-corrected chi connectivity index (χ0v) is 11.3. The Morgan fingerprint density at radius 2 is 2.00 bits per heavy atom. The largest absolute Gasteiger partial charge is 0.496 e.